The highest BCUT2D eigenvalue weighted by molar-refractivity contribution is 5.61. The molecule has 2 N–H and O–H groups in total. The maximum Gasteiger partial charge on any atom is 0.231 e. The molecule has 6 heteroatoms. The van der Waals surface area contributed by atoms with Gasteiger partial charge < -0.3 is 15.2 Å². The molecule has 0 saturated heterocycles. The summed E-state index contributed by atoms with van der Waals surface area (Å²) in [6.07, 6.45) is 0. The molecule has 0 amide bonds. The molecule has 6 nitrogen and oxygen atoms in total. The molecule has 2 heterocycles. The molecule has 1 aromatic carbocycles. The van der Waals surface area contributed by atoms with E-state index in [4.69, 9.17) is 15.2 Å². The van der Waals surface area contributed by atoms with Crippen molar-refractivity contribution < 1.29 is 9.47 Å². The average Bonchev–Trinajstić information content (AvgIpc) is 2.93. The Morgan fingerprint density at radius 3 is 2.94 bits per heavy atom. The minimum Gasteiger partial charge on any atom is -0.454 e. The van der Waals surface area contributed by atoms with Crippen molar-refractivity contribution in [1.29, 1.82) is 0 Å². The van der Waals surface area contributed by atoms with Gasteiger partial charge in [-0.1, -0.05) is 0 Å². The number of hydrogen-bond donors (Lipinski definition) is 1. The van der Waals surface area contributed by atoms with Crippen molar-refractivity contribution in [3.05, 3.63) is 24.0 Å². The highest BCUT2D eigenvalue weighted by Crippen LogP contribution is 2.35. The zero-order valence-corrected chi connectivity index (χ0v) is 9.38. The average molecular weight is 232 g/mol. The van der Waals surface area contributed by atoms with Crippen molar-refractivity contribution >= 4 is 0 Å². The highest BCUT2D eigenvalue weighted by atomic mass is 16.7. The monoisotopic (exact) mass is 232 g/mol. The number of benzene rings is 1. The van der Waals surface area contributed by atoms with Gasteiger partial charge in [0.2, 0.25) is 6.79 Å². The van der Waals surface area contributed by atoms with E-state index in [9.17, 15) is 0 Å². The fourth-order valence-electron chi connectivity index (χ4n) is 1.81. The lowest BCUT2D eigenvalue weighted by atomic mass is 10.2. The quantitative estimate of drug-likeness (QED) is 0.823. The van der Waals surface area contributed by atoms with Gasteiger partial charge in [0.05, 0.1) is 6.54 Å². The van der Waals surface area contributed by atoms with Gasteiger partial charge in [-0.2, -0.15) is 5.10 Å². The van der Waals surface area contributed by atoms with Gasteiger partial charge >= 0.3 is 0 Å². The summed E-state index contributed by atoms with van der Waals surface area (Å²) >= 11 is 0. The summed E-state index contributed by atoms with van der Waals surface area (Å²) in [4.78, 5) is 4.35. The molecule has 0 bridgehead atoms. The number of nitrogens with zero attached hydrogens (tertiary/aromatic N) is 3. The molecule has 3 rings (SSSR count). The number of aryl methyl sites for hydroxylation is 1. The van der Waals surface area contributed by atoms with Crippen LogP contribution in [0.15, 0.2) is 18.2 Å². The lowest BCUT2D eigenvalue weighted by Crippen LogP contribution is -1.99. The van der Waals surface area contributed by atoms with Gasteiger partial charge in [-0.05, 0) is 18.2 Å². The molecule has 0 saturated carbocycles. The van der Waals surface area contributed by atoms with Gasteiger partial charge in [0, 0.05) is 12.6 Å². The number of hydrogen-bond acceptors (Lipinski definition) is 5. The smallest absolute Gasteiger partial charge is 0.231 e. The summed E-state index contributed by atoms with van der Waals surface area (Å²) in [6, 6.07) is 5.69. The van der Waals surface area contributed by atoms with Crippen LogP contribution in [0.1, 0.15) is 5.82 Å². The summed E-state index contributed by atoms with van der Waals surface area (Å²) in [5.74, 6) is 2.89. The Balaban J connectivity index is 2.06. The van der Waals surface area contributed by atoms with E-state index < -0.39 is 0 Å². The molecule has 0 spiro atoms. The van der Waals surface area contributed by atoms with E-state index in [2.05, 4.69) is 10.1 Å². The Morgan fingerprint density at radius 2 is 2.18 bits per heavy atom. The van der Waals surface area contributed by atoms with E-state index in [0.717, 1.165) is 22.9 Å². The summed E-state index contributed by atoms with van der Waals surface area (Å²) in [7, 11) is 1.84. The third kappa shape index (κ3) is 1.62. The normalized spacial score (nSPS) is 13.1. The second kappa shape index (κ2) is 3.74. The number of fused-ring (bicyclic) bond motifs is 1. The Morgan fingerprint density at radius 1 is 1.35 bits per heavy atom. The first-order chi connectivity index (χ1) is 8.28. The predicted octanol–water partition coefficient (Wildman–Crippen LogP) is 0.669. The van der Waals surface area contributed by atoms with Crippen LogP contribution in [0.25, 0.3) is 11.4 Å². The summed E-state index contributed by atoms with van der Waals surface area (Å²) in [6.45, 7) is 0.601. The molecule has 0 atom stereocenters. The third-order valence-electron chi connectivity index (χ3n) is 2.62. The fourth-order valence-corrected chi connectivity index (χ4v) is 1.81. The summed E-state index contributed by atoms with van der Waals surface area (Å²) in [5, 5.41) is 4.21. The van der Waals surface area contributed by atoms with Crippen molar-refractivity contribution in [2.75, 3.05) is 6.79 Å². The van der Waals surface area contributed by atoms with Gasteiger partial charge in [0.15, 0.2) is 23.1 Å². The Hall–Kier alpha value is -2.08. The van der Waals surface area contributed by atoms with E-state index in [1.54, 1.807) is 4.68 Å². The van der Waals surface area contributed by atoms with Crippen LogP contribution in [0.4, 0.5) is 0 Å². The molecule has 0 aliphatic carbocycles. The van der Waals surface area contributed by atoms with Crippen LogP contribution in [-0.4, -0.2) is 21.6 Å². The maximum atomic E-state index is 5.52. The van der Waals surface area contributed by atoms with Gasteiger partial charge in [-0.3, -0.25) is 0 Å². The SMILES string of the molecule is Cn1nc(CN)nc1-c1ccc2c(c1)OCO2. The second-order valence-electron chi connectivity index (χ2n) is 3.75. The lowest BCUT2D eigenvalue weighted by molar-refractivity contribution is 0.174. The number of ether oxygens (including phenoxy) is 2. The molecular weight excluding hydrogens is 220 g/mol. The van der Waals surface area contributed by atoms with Crippen LogP contribution in [0.5, 0.6) is 11.5 Å². The van der Waals surface area contributed by atoms with E-state index in [1.165, 1.54) is 0 Å². The Kier molecular flexibility index (Phi) is 2.22. The van der Waals surface area contributed by atoms with Crippen LogP contribution >= 0.6 is 0 Å². The van der Waals surface area contributed by atoms with Crippen LogP contribution in [-0.2, 0) is 13.6 Å². The molecule has 88 valence electrons. The molecule has 2 aromatic rings. The molecule has 1 aromatic heterocycles. The number of rotatable bonds is 2. The predicted molar refractivity (Wildman–Crippen MR) is 60.5 cm³/mol. The van der Waals surface area contributed by atoms with E-state index in [1.807, 2.05) is 25.2 Å². The molecule has 0 unspecified atom stereocenters. The summed E-state index contributed by atoms with van der Waals surface area (Å²) in [5.41, 5.74) is 6.45. The van der Waals surface area contributed by atoms with Crippen molar-refractivity contribution in [1.82, 2.24) is 14.8 Å². The third-order valence-corrected chi connectivity index (χ3v) is 2.62. The molecular formula is C11H12N4O2. The zero-order valence-electron chi connectivity index (χ0n) is 9.38. The topological polar surface area (TPSA) is 75.2 Å². The minimum absolute atomic E-state index is 0.269. The summed E-state index contributed by atoms with van der Waals surface area (Å²) < 4.78 is 12.3. The highest BCUT2D eigenvalue weighted by Gasteiger charge is 2.16. The Labute approximate surface area is 98.0 Å². The minimum atomic E-state index is 0.269. The van der Waals surface area contributed by atoms with E-state index in [-0.39, 0.29) is 6.79 Å². The van der Waals surface area contributed by atoms with Crippen molar-refractivity contribution in [2.45, 2.75) is 6.54 Å². The molecule has 0 fully saturated rings. The second-order valence-corrected chi connectivity index (χ2v) is 3.75. The van der Waals surface area contributed by atoms with Gasteiger partial charge in [-0.15, -0.1) is 0 Å². The van der Waals surface area contributed by atoms with E-state index >= 15 is 0 Å². The Bertz CT molecular complexity index is 565. The van der Waals surface area contributed by atoms with Crippen LogP contribution in [0, 0.1) is 0 Å². The fraction of sp³-hybridized carbons (Fsp3) is 0.273. The van der Waals surface area contributed by atoms with Gasteiger partial charge in [0.25, 0.3) is 0 Å². The standard InChI is InChI=1S/C11H12N4O2/c1-15-11(13-10(5-12)14-15)7-2-3-8-9(4-7)17-6-16-8/h2-4H,5-6,12H2,1H3. The zero-order chi connectivity index (χ0) is 11.8. The first-order valence-corrected chi connectivity index (χ1v) is 5.28. The van der Waals surface area contributed by atoms with Crippen LogP contribution in [0.2, 0.25) is 0 Å². The van der Waals surface area contributed by atoms with Gasteiger partial charge in [0.1, 0.15) is 0 Å². The number of aromatic nitrogens is 3. The molecule has 17 heavy (non-hydrogen) atoms. The van der Waals surface area contributed by atoms with Crippen molar-refractivity contribution in [3.63, 3.8) is 0 Å². The first-order valence-electron chi connectivity index (χ1n) is 5.28. The lowest BCUT2D eigenvalue weighted by Gasteiger charge is -2.01. The van der Waals surface area contributed by atoms with E-state index in [0.29, 0.717) is 12.4 Å². The number of nitrogens with two attached hydrogens (primary N) is 1. The van der Waals surface area contributed by atoms with Gasteiger partial charge in [-0.25, -0.2) is 9.67 Å². The van der Waals surface area contributed by atoms with Crippen molar-refractivity contribution in [2.24, 2.45) is 12.8 Å². The molecule has 1 aliphatic rings. The van der Waals surface area contributed by atoms with Crippen LogP contribution < -0.4 is 15.2 Å². The molecule has 1 aliphatic heterocycles. The molecule has 0 radical (unpaired) electrons. The first kappa shape index (κ1) is 10.1. The maximum absolute atomic E-state index is 5.52. The van der Waals surface area contributed by atoms with Crippen molar-refractivity contribution in [3.8, 4) is 22.9 Å². The van der Waals surface area contributed by atoms with Crippen LogP contribution in [0.3, 0.4) is 0 Å². The largest absolute Gasteiger partial charge is 0.454 e.